The zero-order chi connectivity index (χ0) is 14.0. The monoisotopic (exact) mass is 280 g/mol. The van der Waals surface area contributed by atoms with Gasteiger partial charge < -0.3 is 16.2 Å². The van der Waals surface area contributed by atoms with Crippen LogP contribution < -0.4 is 16.2 Å². The van der Waals surface area contributed by atoms with Gasteiger partial charge in [0.15, 0.2) is 17.3 Å². The Morgan fingerprint density at radius 1 is 1.16 bits per heavy atom. The standard InChI is InChI=1S/C13H10ClFN2O2/c14-8-4-2-5-9(11(8)15)19-10-6-1-3-7(12(10)16)13(17)18/h1-6H,16H2,(H2,17,18). The minimum absolute atomic E-state index is 0.0503. The van der Waals surface area contributed by atoms with Crippen LogP contribution in [-0.4, -0.2) is 5.91 Å². The van der Waals surface area contributed by atoms with Crippen LogP contribution in [0.15, 0.2) is 36.4 Å². The Hall–Kier alpha value is -2.27. The SMILES string of the molecule is NC(=O)c1cccc(Oc2cccc(Cl)c2F)c1N. The molecule has 0 heterocycles. The Morgan fingerprint density at radius 3 is 2.47 bits per heavy atom. The Bertz CT molecular complexity index is 647. The van der Waals surface area contributed by atoms with Crippen molar-refractivity contribution in [1.29, 1.82) is 0 Å². The molecule has 98 valence electrons. The molecule has 19 heavy (non-hydrogen) atoms. The molecule has 2 aromatic rings. The predicted molar refractivity (Wildman–Crippen MR) is 70.9 cm³/mol. The maximum absolute atomic E-state index is 13.7. The van der Waals surface area contributed by atoms with Crippen molar-refractivity contribution >= 4 is 23.2 Å². The minimum atomic E-state index is -0.701. The average molecular weight is 281 g/mol. The number of halogens is 2. The van der Waals surface area contributed by atoms with Gasteiger partial charge in [0.25, 0.3) is 5.91 Å². The molecule has 0 aliphatic carbocycles. The largest absolute Gasteiger partial charge is 0.452 e. The second kappa shape index (κ2) is 5.16. The number of anilines is 1. The second-order valence-electron chi connectivity index (χ2n) is 3.74. The van der Waals surface area contributed by atoms with Crippen LogP contribution in [0.2, 0.25) is 5.02 Å². The molecule has 0 saturated heterocycles. The predicted octanol–water partition coefficient (Wildman–Crippen LogP) is 2.95. The van der Waals surface area contributed by atoms with E-state index in [2.05, 4.69) is 0 Å². The van der Waals surface area contributed by atoms with Crippen molar-refractivity contribution in [3.63, 3.8) is 0 Å². The number of para-hydroxylation sites is 1. The lowest BCUT2D eigenvalue weighted by atomic mass is 10.1. The first-order chi connectivity index (χ1) is 9.00. The van der Waals surface area contributed by atoms with Crippen LogP contribution >= 0.6 is 11.6 Å². The number of nitrogen functional groups attached to an aromatic ring is 1. The number of carbonyl (C=O) groups excluding carboxylic acids is 1. The molecule has 0 aliphatic heterocycles. The number of hydrogen-bond acceptors (Lipinski definition) is 3. The summed E-state index contributed by atoms with van der Waals surface area (Å²) in [6.45, 7) is 0. The number of ether oxygens (including phenoxy) is 1. The highest BCUT2D eigenvalue weighted by atomic mass is 35.5. The van der Waals surface area contributed by atoms with E-state index in [0.29, 0.717) is 0 Å². The Labute approximate surface area is 113 Å². The summed E-state index contributed by atoms with van der Waals surface area (Å²) >= 11 is 5.64. The van der Waals surface area contributed by atoms with E-state index in [9.17, 15) is 9.18 Å². The van der Waals surface area contributed by atoms with Gasteiger partial charge in [-0.3, -0.25) is 4.79 Å². The number of hydrogen-bond donors (Lipinski definition) is 2. The number of primary amides is 1. The first-order valence-electron chi connectivity index (χ1n) is 5.31. The first-order valence-corrected chi connectivity index (χ1v) is 5.68. The second-order valence-corrected chi connectivity index (χ2v) is 4.14. The molecule has 1 amide bonds. The highest BCUT2D eigenvalue weighted by Gasteiger charge is 2.13. The van der Waals surface area contributed by atoms with E-state index < -0.39 is 11.7 Å². The summed E-state index contributed by atoms with van der Waals surface area (Å²) in [5, 5.41) is -0.0675. The van der Waals surface area contributed by atoms with Crippen LogP contribution in [0, 0.1) is 5.82 Å². The third-order valence-electron chi connectivity index (χ3n) is 2.47. The lowest BCUT2D eigenvalue weighted by molar-refractivity contribution is 0.100. The van der Waals surface area contributed by atoms with Gasteiger partial charge in [0.1, 0.15) is 0 Å². The van der Waals surface area contributed by atoms with Gasteiger partial charge in [-0.05, 0) is 24.3 Å². The van der Waals surface area contributed by atoms with Gasteiger partial charge in [-0.1, -0.05) is 23.7 Å². The summed E-state index contributed by atoms with van der Waals surface area (Å²) in [6.07, 6.45) is 0. The first kappa shape index (κ1) is 13.2. The molecule has 0 unspecified atom stereocenters. The fraction of sp³-hybridized carbons (Fsp3) is 0. The van der Waals surface area contributed by atoms with Crippen molar-refractivity contribution in [2.45, 2.75) is 0 Å². The van der Waals surface area contributed by atoms with Crippen molar-refractivity contribution in [1.82, 2.24) is 0 Å². The van der Waals surface area contributed by atoms with Crippen LogP contribution in [0.1, 0.15) is 10.4 Å². The van der Waals surface area contributed by atoms with E-state index >= 15 is 0 Å². The van der Waals surface area contributed by atoms with Crippen molar-refractivity contribution < 1.29 is 13.9 Å². The van der Waals surface area contributed by atoms with Gasteiger partial charge in [0.05, 0.1) is 16.3 Å². The van der Waals surface area contributed by atoms with E-state index in [4.69, 9.17) is 27.8 Å². The normalized spacial score (nSPS) is 10.2. The third kappa shape index (κ3) is 2.61. The summed E-state index contributed by atoms with van der Waals surface area (Å²) in [4.78, 5) is 11.1. The molecular formula is C13H10ClFN2O2. The van der Waals surface area contributed by atoms with Crippen molar-refractivity contribution in [3.05, 3.63) is 52.8 Å². The lowest BCUT2D eigenvalue weighted by Crippen LogP contribution is -2.13. The van der Waals surface area contributed by atoms with Crippen LogP contribution in [0.25, 0.3) is 0 Å². The zero-order valence-electron chi connectivity index (χ0n) is 9.69. The molecule has 0 aliphatic rings. The highest BCUT2D eigenvalue weighted by Crippen LogP contribution is 2.33. The van der Waals surface area contributed by atoms with Gasteiger partial charge in [-0.15, -0.1) is 0 Å². The van der Waals surface area contributed by atoms with Crippen molar-refractivity contribution in [3.8, 4) is 11.5 Å². The maximum atomic E-state index is 13.7. The van der Waals surface area contributed by atoms with E-state index in [1.807, 2.05) is 0 Å². The molecule has 2 aromatic carbocycles. The Morgan fingerprint density at radius 2 is 1.79 bits per heavy atom. The van der Waals surface area contributed by atoms with Crippen LogP contribution in [0.4, 0.5) is 10.1 Å². The number of nitrogens with two attached hydrogens (primary N) is 2. The smallest absolute Gasteiger partial charge is 0.250 e. The number of amides is 1. The van der Waals surface area contributed by atoms with Gasteiger partial charge in [0.2, 0.25) is 0 Å². The summed E-state index contributed by atoms with van der Waals surface area (Å²) in [7, 11) is 0. The third-order valence-corrected chi connectivity index (χ3v) is 2.76. The molecule has 0 fully saturated rings. The quantitative estimate of drug-likeness (QED) is 0.849. The molecule has 0 aromatic heterocycles. The van der Waals surface area contributed by atoms with Gasteiger partial charge in [0, 0.05) is 0 Å². The summed E-state index contributed by atoms with van der Waals surface area (Å²) in [6, 6.07) is 8.83. The molecule has 0 spiro atoms. The van der Waals surface area contributed by atoms with Crippen LogP contribution in [0.3, 0.4) is 0 Å². The maximum Gasteiger partial charge on any atom is 0.250 e. The van der Waals surface area contributed by atoms with Crippen LogP contribution in [0.5, 0.6) is 11.5 Å². The van der Waals surface area contributed by atoms with E-state index in [-0.39, 0.29) is 27.8 Å². The Balaban J connectivity index is 2.42. The van der Waals surface area contributed by atoms with Crippen molar-refractivity contribution in [2.24, 2.45) is 5.73 Å². The molecule has 4 nitrogen and oxygen atoms in total. The molecule has 0 bridgehead atoms. The Kier molecular flexibility index (Phi) is 3.57. The average Bonchev–Trinajstić information content (AvgIpc) is 2.37. The van der Waals surface area contributed by atoms with E-state index in [1.54, 1.807) is 0 Å². The minimum Gasteiger partial charge on any atom is -0.452 e. The van der Waals surface area contributed by atoms with Gasteiger partial charge in [-0.25, -0.2) is 4.39 Å². The number of carbonyl (C=O) groups is 1. The molecule has 4 N–H and O–H groups in total. The van der Waals surface area contributed by atoms with Crippen molar-refractivity contribution in [2.75, 3.05) is 5.73 Å². The zero-order valence-corrected chi connectivity index (χ0v) is 10.4. The van der Waals surface area contributed by atoms with Gasteiger partial charge in [-0.2, -0.15) is 0 Å². The van der Waals surface area contributed by atoms with Crippen LogP contribution in [-0.2, 0) is 0 Å². The summed E-state index contributed by atoms with van der Waals surface area (Å²) in [5.74, 6) is -1.33. The summed E-state index contributed by atoms with van der Waals surface area (Å²) in [5.41, 5.74) is 11.1. The molecule has 2 rings (SSSR count). The molecular weight excluding hydrogens is 271 g/mol. The molecule has 0 atom stereocenters. The fourth-order valence-electron chi connectivity index (χ4n) is 1.53. The fourth-order valence-corrected chi connectivity index (χ4v) is 1.70. The number of benzene rings is 2. The number of rotatable bonds is 3. The molecule has 6 heteroatoms. The molecule has 0 saturated carbocycles. The lowest BCUT2D eigenvalue weighted by Gasteiger charge is -2.11. The van der Waals surface area contributed by atoms with E-state index in [0.717, 1.165) is 0 Å². The van der Waals surface area contributed by atoms with E-state index in [1.165, 1.54) is 36.4 Å². The van der Waals surface area contributed by atoms with Gasteiger partial charge >= 0.3 is 0 Å². The molecule has 0 radical (unpaired) electrons. The highest BCUT2D eigenvalue weighted by molar-refractivity contribution is 6.30. The summed E-state index contributed by atoms with van der Waals surface area (Å²) < 4.78 is 19.0. The topological polar surface area (TPSA) is 78.3 Å².